The van der Waals surface area contributed by atoms with Crippen LogP contribution in [0.25, 0.3) is 0 Å². The topological polar surface area (TPSA) is 39.9 Å². The molecule has 0 aliphatic rings. The number of alkyl halides is 2. The highest BCUT2D eigenvalue weighted by Gasteiger charge is 2.36. The molecule has 0 N–H and O–H groups in total. The van der Waals surface area contributed by atoms with Crippen LogP contribution in [0, 0.1) is 0 Å². The Morgan fingerprint density at radius 2 is 1.96 bits per heavy atom. The normalized spacial score (nSPS) is 11.9. The Bertz CT molecular complexity index is 734. The third-order valence-corrected chi connectivity index (χ3v) is 5.07. The van der Waals surface area contributed by atoms with Crippen LogP contribution in [0.15, 0.2) is 22.7 Å². The molecule has 0 radical (unpaired) electrons. The minimum atomic E-state index is -2.99. The molecule has 1 aromatic heterocycles. The Morgan fingerprint density at radius 3 is 2.63 bits per heavy atom. The van der Waals surface area contributed by atoms with Crippen LogP contribution in [-0.4, -0.2) is 21.4 Å². The molecule has 150 valence electrons. The Hall–Kier alpha value is -1.34. The zero-order valence-corrected chi connectivity index (χ0v) is 17.9. The molecule has 0 amide bonds. The maximum Gasteiger partial charge on any atom is 0.308 e. The summed E-state index contributed by atoms with van der Waals surface area (Å²) in [4.78, 5) is 4.19. The number of unbranched alkanes of at least 4 members (excludes halogenated alkanes) is 1. The van der Waals surface area contributed by atoms with E-state index in [2.05, 4.69) is 32.9 Å². The van der Waals surface area contributed by atoms with Crippen LogP contribution in [0.4, 0.5) is 8.78 Å². The van der Waals surface area contributed by atoms with Crippen molar-refractivity contribution in [2.75, 3.05) is 6.61 Å². The van der Waals surface area contributed by atoms with E-state index in [9.17, 15) is 8.78 Å². The van der Waals surface area contributed by atoms with Crippen LogP contribution in [0.1, 0.15) is 69.2 Å². The summed E-state index contributed by atoms with van der Waals surface area (Å²) in [5.41, 5.74) is 2.02. The van der Waals surface area contributed by atoms with E-state index in [1.807, 2.05) is 25.1 Å². The number of aromatic nitrogens is 3. The largest absolute Gasteiger partial charge is 0.377 e. The van der Waals surface area contributed by atoms with Gasteiger partial charge in [-0.3, -0.25) is 0 Å². The predicted octanol–water partition coefficient (Wildman–Crippen LogP) is 5.86. The van der Waals surface area contributed by atoms with Gasteiger partial charge in [0.05, 0.1) is 13.2 Å². The molecule has 0 fully saturated rings. The monoisotopic (exact) mass is 443 g/mol. The fourth-order valence-corrected chi connectivity index (χ4v) is 3.18. The highest BCUT2D eigenvalue weighted by Crippen LogP contribution is 2.31. The third kappa shape index (κ3) is 6.07. The lowest BCUT2D eigenvalue weighted by Gasteiger charge is -2.11. The second kappa shape index (κ2) is 10.3. The van der Waals surface area contributed by atoms with Crippen molar-refractivity contribution in [1.29, 1.82) is 0 Å². The van der Waals surface area contributed by atoms with E-state index in [-0.39, 0.29) is 12.2 Å². The molecule has 0 bridgehead atoms. The molecule has 27 heavy (non-hydrogen) atoms. The van der Waals surface area contributed by atoms with E-state index >= 15 is 0 Å². The van der Waals surface area contributed by atoms with Crippen molar-refractivity contribution in [3.63, 3.8) is 0 Å². The molecule has 1 heterocycles. The minimum absolute atomic E-state index is 0.235. The highest BCUT2D eigenvalue weighted by atomic mass is 79.9. The summed E-state index contributed by atoms with van der Waals surface area (Å²) >= 11 is 3.53. The van der Waals surface area contributed by atoms with Gasteiger partial charge in [-0.2, -0.15) is 8.78 Å². The molecule has 0 aliphatic carbocycles. The van der Waals surface area contributed by atoms with Crippen molar-refractivity contribution >= 4 is 15.9 Å². The van der Waals surface area contributed by atoms with Gasteiger partial charge in [-0.1, -0.05) is 48.3 Å². The summed E-state index contributed by atoms with van der Waals surface area (Å²) in [5, 5.41) is 4.18. The van der Waals surface area contributed by atoms with E-state index in [4.69, 9.17) is 4.74 Å². The van der Waals surface area contributed by atoms with Crippen molar-refractivity contribution in [2.24, 2.45) is 0 Å². The van der Waals surface area contributed by atoms with Gasteiger partial charge in [0.1, 0.15) is 5.82 Å². The molecule has 0 spiro atoms. The van der Waals surface area contributed by atoms with Gasteiger partial charge in [0.15, 0.2) is 0 Å². The number of aryl methyl sites for hydroxylation is 1. The second-order valence-corrected chi connectivity index (χ2v) is 7.48. The first-order valence-corrected chi connectivity index (χ1v) is 10.4. The standard InChI is InChI=1S/C20H28BrF2N3O/c1-4-7-8-18-24-19(20(22,23)11-5-2)25-26(18)13-15-9-10-17(21)16(12-15)14-27-6-3/h9-10,12H,4-8,11,13-14H2,1-3H3. The molecule has 0 aliphatic heterocycles. The molecule has 2 aromatic rings. The zero-order valence-electron chi connectivity index (χ0n) is 16.3. The van der Waals surface area contributed by atoms with E-state index < -0.39 is 5.92 Å². The molecule has 2 rings (SSSR count). The maximum absolute atomic E-state index is 14.3. The summed E-state index contributed by atoms with van der Waals surface area (Å²) in [6.07, 6.45) is 2.67. The van der Waals surface area contributed by atoms with Crippen molar-refractivity contribution in [2.45, 2.75) is 71.9 Å². The van der Waals surface area contributed by atoms with Crippen LogP contribution < -0.4 is 0 Å². The molecule has 7 heteroatoms. The van der Waals surface area contributed by atoms with Crippen molar-refractivity contribution in [3.8, 4) is 0 Å². The summed E-state index contributed by atoms with van der Waals surface area (Å²) in [5.74, 6) is -2.72. The highest BCUT2D eigenvalue weighted by molar-refractivity contribution is 9.10. The third-order valence-electron chi connectivity index (χ3n) is 4.30. The van der Waals surface area contributed by atoms with Gasteiger partial charge in [-0.15, -0.1) is 5.10 Å². The quantitative estimate of drug-likeness (QED) is 0.436. The molecule has 1 aromatic carbocycles. The summed E-state index contributed by atoms with van der Waals surface area (Å²) < 4.78 is 36.7. The summed E-state index contributed by atoms with van der Waals surface area (Å²) in [7, 11) is 0. The number of hydrogen-bond acceptors (Lipinski definition) is 3. The van der Waals surface area contributed by atoms with Gasteiger partial charge in [-0.25, -0.2) is 9.67 Å². The number of halogens is 3. The predicted molar refractivity (Wildman–Crippen MR) is 106 cm³/mol. The van der Waals surface area contributed by atoms with Crippen LogP contribution >= 0.6 is 15.9 Å². The van der Waals surface area contributed by atoms with Crippen molar-refractivity contribution < 1.29 is 13.5 Å². The van der Waals surface area contributed by atoms with E-state index in [1.165, 1.54) is 0 Å². The lowest BCUT2D eigenvalue weighted by Crippen LogP contribution is -2.16. The average Bonchev–Trinajstić information content (AvgIpc) is 3.04. The molecule has 0 saturated heterocycles. The smallest absolute Gasteiger partial charge is 0.308 e. The number of ether oxygens (including phenoxy) is 1. The van der Waals surface area contributed by atoms with Gasteiger partial charge < -0.3 is 4.74 Å². The Kier molecular flexibility index (Phi) is 8.35. The van der Waals surface area contributed by atoms with Crippen molar-refractivity contribution in [3.05, 3.63) is 45.4 Å². The Balaban J connectivity index is 2.29. The van der Waals surface area contributed by atoms with Gasteiger partial charge in [0, 0.05) is 23.9 Å². The van der Waals surface area contributed by atoms with Crippen LogP contribution in [0.2, 0.25) is 0 Å². The lowest BCUT2D eigenvalue weighted by atomic mass is 10.1. The molecule has 0 saturated carbocycles. The zero-order chi connectivity index (χ0) is 19.9. The molecule has 0 unspecified atom stereocenters. The fraction of sp³-hybridized carbons (Fsp3) is 0.600. The SMILES string of the molecule is CCCCc1nc(C(F)(F)CCC)nn1Cc1ccc(Br)c(COCC)c1. The van der Waals surface area contributed by atoms with E-state index in [0.29, 0.717) is 38.4 Å². The molecular formula is C20H28BrF2N3O. The first-order chi connectivity index (χ1) is 12.9. The number of rotatable bonds is 11. The van der Waals surface area contributed by atoms with Crippen LogP contribution in [-0.2, 0) is 30.2 Å². The van der Waals surface area contributed by atoms with Crippen LogP contribution in [0.3, 0.4) is 0 Å². The minimum Gasteiger partial charge on any atom is -0.377 e. The Labute approximate surface area is 168 Å². The Morgan fingerprint density at radius 1 is 1.19 bits per heavy atom. The van der Waals surface area contributed by atoms with Crippen LogP contribution in [0.5, 0.6) is 0 Å². The number of benzene rings is 1. The van der Waals surface area contributed by atoms with Gasteiger partial charge >= 0.3 is 5.92 Å². The lowest BCUT2D eigenvalue weighted by molar-refractivity contribution is -0.0232. The van der Waals surface area contributed by atoms with Gasteiger partial charge in [0.25, 0.3) is 0 Å². The van der Waals surface area contributed by atoms with E-state index in [1.54, 1.807) is 11.6 Å². The van der Waals surface area contributed by atoms with E-state index in [0.717, 1.165) is 28.4 Å². The molecule has 0 atom stereocenters. The summed E-state index contributed by atoms with van der Waals surface area (Å²) in [6.45, 7) is 7.32. The summed E-state index contributed by atoms with van der Waals surface area (Å²) in [6, 6.07) is 5.95. The molecular weight excluding hydrogens is 416 g/mol. The average molecular weight is 444 g/mol. The fourth-order valence-electron chi connectivity index (χ4n) is 2.82. The molecule has 4 nitrogen and oxygen atoms in total. The van der Waals surface area contributed by atoms with Gasteiger partial charge in [0.2, 0.25) is 5.82 Å². The first-order valence-electron chi connectivity index (χ1n) is 9.58. The second-order valence-electron chi connectivity index (χ2n) is 6.63. The first kappa shape index (κ1) is 22.0. The number of nitrogens with zero attached hydrogens (tertiary/aromatic N) is 3. The van der Waals surface area contributed by atoms with Crippen molar-refractivity contribution in [1.82, 2.24) is 14.8 Å². The number of hydrogen-bond donors (Lipinski definition) is 0. The maximum atomic E-state index is 14.3. The van der Waals surface area contributed by atoms with Gasteiger partial charge in [-0.05, 0) is 37.0 Å².